The Morgan fingerprint density at radius 3 is 2.71 bits per heavy atom. The largest absolute Gasteiger partial charge is 0.253 e. The van der Waals surface area contributed by atoms with Gasteiger partial charge in [0, 0.05) is 6.20 Å². The molecule has 0 unspecified atom stereocenters. The molecule has 0 aliphatic heterocycles. The zero-order valence-corrected chi connectivity index (χ0v) is 7.74. The third-order valence-electron chi connectivity index (χ3n) is 1.60. The molecule has 0 aliphatic carbocycles. The van der Waals surface area contributed by atoms with Crippen molar-refractivity contribution in [3.8, 4) is 11.5 Å². The van der Waals surface area contributed by atoms with Gasteiger partial charge < -0.3 is 0 Å². The number of pyridine rings is 1. The van der Waals surface area contributed by atoms with Crippen molar-refractivity contribution >= 4 is 11.6 Å². The minimum absolute atomic E-state index is 0.194. The second-order valence-electron chi connectivity index (χ2n) is 2.55. The highest BCUT2D eigenvalue weighted by molar-refractivity contribution is 6.29. The van der Waals surface area contributed by atoms with E-state index in [1.165, 1.54) is 0 Å². The molecule has 5 heteroatoms. The average molecular weight is 210 g/mol. The molecule has 0 amide bonds. The minimum atomic E-state index is -0.633. The molecule has 2 rings (SSSR count). The van der Waals surface area contributed by atoms with Gasteiger partial charge in [0.25, 0.3) is 0 Å². The van der Waals surface area contributed by atoms with Crippen LogP contribution < -0.4 is 0 Å². The molecule has 0 atom stereocenters. The summed E-state index contributed by atoms with van der Waals surface area (Å²) in [7, 11) is 0. The van der Waals surface area contributed by atoms with Crippen molar-refractivity contribution in [3.63, 3.8) is 0 Å². The maximum absolute atomic E-state index is 12.7. The summed E-state index contributed by atoms with van der Waals surface area (Å²) >= 11 is 5.51. The summed E-state index contributed by atoms with van der Waals surface area (Å²) in [5.41, 5.74) is 0.564. The van der Waals surface area contributed by atoms with Crippen molar-refractivity contribution in [1.82, 2.24) is 15.0 Å². The molecular weight excluding hydrogens is 205 g/mol. The second-order valence-corrected chi connectivity index (χ2v) is 2.91. The quantitative estimate of drug-likeness (QED) is 0.677. The molecule has 0 radical (unpaired) electrons. The molecule has 14 heavy (non-hydrogen) atoms. The van der Waals surface area contributed by atoms with E-state index in [-0.39, 0.29) is 5.15 Å². The molecule has 2 aromatic heterocycles. The molecule has 0 bridgehead atoms. The summed E-state index contributed by atoms with van der Waals surface area (Å²) in [4.78, 5) is 11.5. The van der Waals surface area contributed by atoms with E-state index in [9.17, 15) is 4.39 Å². The van der Waals surface area contributed by atoms with Crippen LogP contribution in [0.4, 0.5) is 4.39 Å². The van der Waals surface area contributed by atoms with Crippen molar-refractivity contribution in [2.45, 2.75) is 0 Å². The van der Waals surface area contributed by atoms with Crippen LogP contribution in [-0.2, 0) is 0 Å². The van der Waals surface area contributed by atoms with Gasteiger partial charge in [0.1, 0.15) is 5.69 Å². The predicted octanol–water partition coefficient (Wildman–Crippen LogP) is 2.33. The molecule has 0 saturated heterocycles. The van der Waals surface area contributed by atoms with Crippen molar-refractivity contribution in [1.29, 1.82) is 0 Å². The van der Waals surface area contributed by atoms with E-state index in [2.05, 4.69) is 15.0 Å². The molecule has 70 valence electrons. The number of hydrogen-bond donors (Lipinski definition) is 0. The molecule has 3 nitrogen and oxygen atoms in total. The molecule has 2 aromatic rings. The van der Waals surface area contributed by atoms with Crippen LogP contribution in [-0.4, -0.2) is 15.0 Å². The van der Waals surface area contributed by atoms with Crippen LogP contribution in [0.2, 0.25) is 5.15 Å². The second kappa shape index (κ2) is 3.67. The number of rotatable bonds is 1. The van der Waals surface area contributed by atoms with Gasteiger partial charge in [-0.1, -0.05) is 17.7 Å². The van der Waals surface area contributed by atoms with Crippen LogP contribution in [0.25, 0.3) is 11.5 Å². The Bertz CT molecular complexity index is 447. The van der Waals surface area contributed by atoms with Crippen LogP contribution in [0.1, 0.15) is 0 Å². The minimum Gasteiger partial charge on any atom is -0.253 e. The Hall–Kier alpha value is -1.55. The number of nitrogens with zero attached hydrogens (tertiary/aromatic N) is 3. The molecule has 2 heterocycles. The molecule has 0 spiro atoms. The van der Waals surface area contributed by atoms with Gasteiger partial charge in [-0.2, -0.15) is 0 Å². The van der Waals surface area contributed by atoms with E-state index < -0.39 is 5.82 Å². The van der Waals surface area contributed by atoms with E-state index in [4.69, 9.17) is 11.6 Å². The van der Waals surface area contributed by atoms with E-state index in [0.29, 0.717) is 11.5 Å². The number of hydrogen-bond acceptors (Lipinski definition) is 3. The first-order valence-corrected chi connectivity index (χ1v) is 4.24. The van der Waals surface area contributed by atoms with Crippen molar-refractivity contribution in [2.24, 2.45) is 0 Å². The fraction of sp³-hybridized carbons (Fsp3) is 0. The molecule has 0 aliphatic rings. The first kappa shape index (κ1) is 9.02. The van der Waals surface area contributed by atoms with Crippen LogP contribution in [0.15, 0.2) is 30.6 Å². The normalized spacial score (nSPS) is 10.1. The molecule has 0 saturated carbocycles. The third-order valence-corrected chi connectivity index (χ3v) is 1.86. The highest BCUT2D eigenvalue weighted by atomic mass is 35.5. The van der Waals surface area contributed by atoms with Crippen LogP contribution in [0, 0.1) is 5.82 Å². The fourth-order valence-electron chi connectivity index (χ4n) is 0.965. The van der Waals surface area contributed by atoms with E-state index >= 15 is 0 Å². The first-order chi connectivity index (χ1) is 6.77. The summed E-state index contributed by atoms with van der Waals surface area (Å²) < 4.78 is 12.7. The van der Waals surface area contributed by atoms with Crippen LogP contribution in [0.3, 0.4) is 0 Å². The molecule has 0 N–H and O–H groups in total. The van der Waals surface area contributed by atoms with Crippen LogP contribution in [0.5, 0.6) is 0 Å². The summed E-state index contributed by atoms with van der Waals surface area (Å²) in [5, 5.41) is -0.194. The fourth-order valence-corrected chi connectivity index (χ4v) is 1.09. The molecule has 0 aromatic carbocycles. The van der Waals surface area contributed by atoms with E-state index in [1.807, 2.05) is 0 Å². The monoisotopic (exact) mass is 209 g/mol. The summed E-state index contributed by atoms with van der Waals surface area (Å²) in [6.07, 6.45) is 2.63. The highest BCUT2D eigenvalue weighted by Gasteiger charge is 2.06. The lowest BCUT2D eigenvalue weighted by Crippen LogP contribution is -1.93. The van der Waals surface area contributed by atoms with Gasteiger partial charge in [-0.25, -0.2) is 14.4 Å². The topological polar surface area (TPSA) is 38.7 Å². The highest BCUT2D eigenvalue weighted by Crippen LogP contribution is 2.15. The zero-order valence-electron chi connectivity index (χ0n) is 6.98. The maximum Gasteiger partial charge on any atom is 0.179 e. The van der Waals surface area contributed by atoms with Gasteiger partial charge in [-0.05, 0) is 12.1 Å². The van der Waals surface area contributed by atoms with Gasteiger partial charge in [0.2, 0.25) is 0 Å². The summed E-state index contributed by atoms with van der Waals surface area (Å²) in [6.45, 7) is 0. The van der Waals surface area contributed by atoms with Gasteiger partial charge >= 0.3 is 0 Å². The van der Waals surface area contributed by atoms with Crippen molar-refractivity contribution in [3.05, 3.63) is 41.6 Å². The van der Waals surface area contributed by atoms with E-state index in [0.717, 1.165) is 6.20 Å². The Balaban J connectivity index is 2.48. The Morgan fingerprint density at radius 2 is 2.07 bits per heavy atom. The molecule has 0 fully saturated rings. The average Bonchev–Trinajstić information content (AvgIpc) is 2.23. The third kappa shape index (κ3) is 1.70. The summed E-state index contributed by atoms with van der Waals surface area (Å²) in [5.74, 6) is -0.316. The summed E-state index contributed by atoms with van der Waals surface area (Å²) in [6, 6.07) is 5.29. The first-order valence-electron chi connectivity index (χ1n) is 3.87. The van der Waals surface area contributed by atoms with E-state index in [1.54, 1.807) is 24.4 Å². The van der Waals surface area contributed by atoms with Crippen molar-refractivity contribution in [2.75, 3.05) is 0 Å². The lowest BCUT2D eigenvalue weighted by molar-refractivity contribution is 0.614. The zero-order chi connectivity index (χ0) is 9.97. The van der Waals surface area contributed by atoms with Gasteiger partial charge in [-0.15, -0.1) is 0 Å². The number of halogens is 2. The number of aromatic nitrogens is 3. The lowest BCUT2D eigenvalue weighted by Gasteiger charge is -1.98. The maximum atomic E-state index is 12.7. The van der Waals surface area contributed by atoms with Crippen LogP contribution >= 0.6 is 11.6 Å². The Kier molecular flexibility index (Phi) is 2.37. The van der Waals surface area contributed by atoms with Crippen molar-refractivity contribution < 1.29 is 4.39 Å². The van der Waals surface area contributed by atoms with Gasteiger partial charge in [0.05, 0.1) is 6.20 Å². The standard InChI is InChI=1S/C9H5ClFN3/c10-8-6(11)5-13-9(14-8)7-3-1-2-4-12-7/h1-5H. The lowest BCUT2D eigenvalue weighted by atomic mass is 10.3. The Morgan fingerprint density at radius 1 is 1.21 bits per heavy atom. The SMILES string of the molecule is Fc1cnc(-c2ccccn2)nc1Cl. The van der Waals surface area contributed by atoms with Gasteiger partial charge in [-0.3, -0.25) is 4.98 Å². The predicted molar refractivity (Wildman–Crippen MR) is 50.2 cm³/mol. The smallest absolute Gasteiger partial charge is 0.179 e. The van der Waals surface area contributed by atoms with Gasteiger partial charge in [0.15, 0.2) is 16.8 Å². The molecular formula is C9H5ClFN3. The Labute approximate surface area is 84.6 Å².